The summed E-state index contributed by atoms with van der Waals surface area (Å²) in [7, 11) is 10.7. The Kier molecular flexibility index (Phi) is 17.9. The quantitative estimate of drug-likeness (QED) is 0.0947. The molecule has 0 atom stereocenters. The van der Waals surface area contributed by atoms with Gasteiger partial charge in [-0.25, -0.2) is 0 Å². The van der Waals surface area contributed by atoms with Crippen LogP contribution in [0.5, 0.6) is 0 Å². The molecule has 0 aromatic heterocycles. The van der Waals surface area contributed by atoms with E-state index in [2.05, 4.69) is 195 Å². The van der Waals surface area contributed by atoms with Crippen LogP contribution in [0.3, 0.4) is 0 Å². The Balaban J connectivity index is 0.000000155. The fraction of sp³-hybridized carbons (Fsp3) is 0.276. The minimum absolute atomic E-state index is 0.531. The Labute approximate surface area is 394 Å². The van der Waals surface area contributed by atoms with Crippen molar-refractivity contribution in [2.75, 3.05) is 0 Å². The van der Waals surface area contributed by atoms with E-state index in [0.717, 1.165) is 22.4 Å². The van der Waals surface area contributed by atoms with Gasteiger partial charge in [0.25, 0.3) is 0 Å². The molecule has 0 fully saturated rings. The van der Waals surface area contributed by atoms with Crippen molar-refractivity contribution in [1.82, 2.24) is 0 Å². The third-order valence-corrected chi connectivity index (χ3v) is 13.3. The van der Waals surface area contributed by atoms with Crippen molar-refractivity contribution in [2.24, 2.45) is 0 Å². The first-order valence-corrected chi connectivity index (χ1v) is 29.9. The molecule has 2 radical (unpaired) electrons. The molecule has 0 N–H and O–H groups in total. The first-order chi connectivity index (χ1) is 30.2. The van der Waals surface area contributed by atoms with Gasteiger partial charge in [-0.2, -0.15) is 41.6 Å². The Morgan fingerprint density at radius 2 is 0.984 bits per heavy atom. The van der Waals surface area contributed by atoms with E-state index in [0.29, 0.717) is 11.8 Å². The van der Waals surface area contributed by atoms with Crippen LogP contribution >= 0.6 is 17.0 Å². The molecule has 318 valence electrons. The van der Waals surface area contributed by atoms with Gasteiger partial charge in [0.1, 0.15) is 0 Å². The molecule has 0 aliphatic carbocycles. The summed E-state index contributed by atoms with van der Waals surface area (Å²) in [4.78, 5) is 0. The largest absolute Gasteiger partial charge is 0.184 e. The molecule has 1 aliphatic heterocycles. The van der Waals surface area contributed by atoms with E-state index < -0.39 is 20.8 Å². The van der Waals surface area contributed by atoms with E-state index in [-0.39, 0.29) is 0 Å². The van der Waals surface area contributed by atoms with E-state index in [4.69, 9.17) is 17.0 Å². The Morgan fingerprint density at radius 3 is 1.44 bits per heavy atom. The monoisotopic (exact) mass is 945 g/mol. The Hall–Kier alpha value is -3.78. The average molecular weight is 948 g/mol. The summed E-state index contributed by atoms with van der Waals surface area (Å²) in [5.41, 5.74) is 17.3. The van der Waals surface area contributed by atoms with Gasteiger partial charge in [-0.1, -0.05) is 174 Å². The van der Waals surface area contributed by atoms with Gasteiger partial charge in [-0.15, -0.1) is 74.6 Å². The van der Waals surface area contributed by atoms with Crippen molar-refractivity contribution in [3.63, 3.8) is 0 Å². The second kappa shape index (κ2) is 23.2. The van der Waals surface area contributed by atoms with Gasteiger partial charge in [0.2, 0.25) is 0 Å². The van der Waals surface area contributed by atoms with Crippen LogP contribution in [0.4, 0.5) is 0 Å². The second-order valence-electron chi connectivity index (χ2n) is 16.8. The van der Waals surface area contributed by atoms with E-state index in [1.165, 1.54) is 124 Å². The molecule has 0 bridgehead atoms. The number of halogens is 2. The van der Waals surface area contributed by atoms with Gasteiger partial charge in [-0.3, -0.25) is 0 Å². The predicted octanol–water partition coefficient (Wildman–Crippen LogP) is 16.2. The van der Waals surface area contributed by atoms with E-state index >= 15 is 0 Å². The number of fused-ring (bicyclic) bond motifs is 5. The summed E-state index contributed by atoms with van der Waals surface area (Å²) >= 11 is -0.826. The Morgan fingerprint density at radius 1 is 0.548 bits per heavy atom. The molecule has 1 aliphatic rings. The van der Waals surface area contributed by atoms with Gasteiger partial charge in [0.05, 0.1) is 9.52 Å². The first-order valence-electron chi connectivity index (χ1n) is 22.6. The summed E-state index contributed by atoms with van der Waals surface area (Å²) in [6.07, 6.45) is 6.89. The van der Waals surface area contributed by atoms with E-state index in [1.54, 1.807) is 0 Å². The molecule has 0 saturated carbocycles. The molecular formula is C58H61Cl2SiZr-3. The fourth-order valence-electron chi connectivity index (χ4n) is 9.02. The summed E-state index contributed by atoms with van der Waals surface area (Å²) in [5.74, 6) is 1.06. The maximum atomic E-state index is 4.93. The molecule has 4 heteroatoms. The van der Waals surface area contributed by atoms with Gasteiger partial charge in [0, 0.05) is 0 Å². The van der Waals surface area contributed by atoms with Crippen molar-refractivity contribution in [1.29, 1.82) is 0 Å². The summed E-state index contributed by atoms with van der Waals surface area (Å²) in [5, 5.41) is 8.46. The van der Waals surface area contributed by atoms with Crippen LogP contribution in [-0.4, -0.2) is 9.52 Å². The summed E-state index contributed by atoms with van der Waals surface area (Å²) in [6, 6.07) is 54.9. The third-order valence-electron chi connectivity index (χ3n) is 12.0. The molecule has 8 aromatic rings. The molecule has 0 spiro atoms. The average Bonchev–Trinajstić information content (AvgIpc) is 4.01. The van der Waals surface area contributed by atoms with Gasteiger partial charge in [-0.05, 0) is 59.8 Å². The molecule has 1 heterocycles. The number of aryl methyl sites for hydroxylation is 4. The normalized spacial score (nSPS) is 11.4. The zero-order valence-electron chi connectivity index (χ0n) is 37.9. The minimum Gasteiger partial charge on any atom is -0.184 e. The van der Waals surface area contributed by atoms with Crippen molar-refractivity contribution in [3.8, 4) is 33.4 Å². The molecule has 0 amide bonds. The van der Waals surface area contributed by atoms with Crippen molar-refractivity contribution >= 4 is 58.5 Å². The number of benzene rings is 6. The molecule has 0 unspecified atom stereocenters. The first kappa shape index (κ1) is 47.7. The second-order valence-corrected chi connectivity index (χ2v) is 21.8. The van der Waals surface area contributed by atoms with Crippen LogP contribution in [0.25, 0.3) is 54.9 Å². The molecule has 8 aromatic carbocycles. The van der Waals surface area contributed by atoms with Crippen molar-refractivity contribution < 1.29 is 20.8 Å². The number of hydrogen-bond donors (Lipinski definition) is 0. The Bertz CT molecular complexity index is 2490. The summed E-state index contributed by atoms with van der Waals surface area (Å²) in [6.45, 7) is 18.2. The topological polar surface area (TPSA) is 0 Å². The molecule has 0 saturated heterocycles. The van der Waals surface area contributed by atoms with E-state index in [1.807, 2.05) is 6.07 Å². The fourth-order valence-corrected chi connectivity index (χ4v) is 10.3. The van der Waals surface area contributed by atoms with Crippen LogP contribution in [0.2, 0.25) is 0 Å². The van der Waals surface area contributed by atoms with Gasteiger partial charge < -0.3 is 0 Å². The molecule has 9 rings (SSSR count). The van der Waals surface area contributed by atoms with E-state index in [9.17, 15) is 0 Å². The van der Waals surface area contributed by atoms with Crippen molar-refractivity contribution in [2.45, 2.75) is 106 Å². The molecular weight excluding hydrogens is 887 g/mol. The van der Waals surface area contributed by atoms with Crippen LogP contribution in [0.15, 0.2) is 140 Å². The van der Waals surface area contributed by atoms with Crippen LogP contribution < -0.4 is 10.4 Å². The van der Waals surface area contributed by atoms with Gasteiger partial charge in [0.15, 0.2) is 0 Å². The van der Waals surface area contributed by atoms with Crippen molar-refractivity contribution in [3.05, 3.63) is 179 Å². The standard InChI is InChI=1S/2C23H27.C12H7Si.2ClH.Zr/c2*1-5-9-17-14-19-12-13-20(16(3)4)23(22(19)15-17)21-11-8-7-10-18(21)6-2;1-3-7-11-9(5-1)10-6-2-4-8-12(10)13-11;;;/h2*7-8,10-16H,5-6,9H2,1-4H3;1-7H;2*1H;/q3*-1;;;+2/p-2. The van der Waals surface area contributed by atoms with Crippen LogP contribution in [0.1, 0.15) is 113 Å². The van der Waals surface area contributed by atoms with Crippen LogP contribution in [0, 0.1) is 6.07 Å². The predicted molar refractivity (Wildman–Crippen MR) is 272 cm³/mol. The third kappa shape index (κ3) is 11.1. The maximum absolute atomic E-state index is 4.93. The smallest absolute Gasteiger partial charge is 0.0920 e. The number of rotatable bonds is 10. The minimum atomic E-state index is -0.826. The molecule has 0 nitrogen and oxygen atoms in total. The summed E-state index contributed by atoms with van der Waals surface area (Å²) < 4.78 is 0. The number of hydrogen-bond acceptors (Lipinski definition) is 0. The zero-order chi connectivity index (χ0) is 44.2. The van der Waals surface area contributed by atoms with Gasteiger partial charge >= 0.3 is 37.9 Å². The SMILES string of the molecule is CCCc1cc2c(-c3ccccc3CC)c(C(C)C)ccc2[cH-]1.CCCc1cc2c(-c3ccccc3CC)c(C(C)C)ccc2[cH-]1.[Cl][Zr][Cl].[c-]1cccc2c1[Si]c1ccccc1-2. The maximum Gasteiger partial charge on any atom is 0.0920 e. The molecule has 62 heavy (non-hydrogen) atoms. The van der Waals surface area contributed by atoms with Crippen LogP contribution in [-0.2, 0) is 46.5 Å². The zero-order valence-corrected chi connectivity index (χ0v) is 42.9.